The van der Waals surface area contributed by atoms with E-state index in [2.05, 4.69) is 15.3 Å². The molecule has 4 rings (SSSR count). The standard InChI is InChI=1S/C20H15F2N3OS/c1-27-11-12-4-6-23-18(8-12)25-19-9-15(17(22)10-24-19)13-2-3-16(21)14-5-7-26-20(13)14/h2-10H,11H2,1H3,(H,23,24,25). The summed E-state index contributed by atoms with van der Waals surface area (Å²) in [6, 6.07) is 9.75. The van der Waals surface area contributed by atoms with Crippen LogP contribution < -0.4 is 5.32 Å². The molecule has 0 fully saturated rings. The fourth-order valence-corrected chi connectivity index (χ4v) is 3.40. The molecule has 0 saturated heterocycles. The third-order valence-corrected chi connectivity index (χ3v) is 4.72. The van der Waals surface area contributed by atoms with Crippen LogP contribution in [0.15, 0.2) is 59.5 Å². The molecule has 7 heteroatoms. The molecule has 0 bridgehead atoms. The second kappa shape index (κ2) is 7.36. The summed E-state index contributed by atoms with van der Waals surface area (Å²) in [5.41, 5.74) is 2.15. The third kappa shape index (κ3) is 3.50. The Balaban J connectivity index is 1.72. The van der Waals surface area contributed by atoms with Crippen molar-refractivity contribution in [1.29, 1.82) is 0 Å². The molecule has 3 aromatic heterocycles. The SMILES string of the molecule is CSCc1ccnc(Nc2cc(-c3ccc(F)c4ccoc34)c(F)cn2)c1. The summed E-state index contributed by atoms with van der Waals surface area (Å²) in [7, 11) is 0. The minimum atomic E-state index is -0.519. The van der Waals surface area contributed by atoms with Crippen LogP contribution in [0.25, 0.3) is 22.1 Å². The highest BCUT2D eigenvalue weighted by Crippen LogP contribution is 2.33. The van der Waals surface area contributed by atoms with Crippen LogP contribution in [0.1, 0.15) is 5.56 Å². The molecule has 1 aromatic carbocycles. The van der Waals surface area contributed by atoms with Crippen LogP contribution in [0, 0.1) is 11.6 Å². The van der Waals surface area contributed by atoms with E-state index in [1.165, 1.54) is 24.5 Å². The van der Waals surface area contributed by atoms with E-state index in [9.17, 15) is 8.78 Å². The smallest absolute Gasteiger partial charge is 0.149 e. The Kier molecular flexibility index (Phi) is 4.77. The number of benzene rings is 1. The zero-order chi connectivity index (χ0) is 18.8. The molecule has 1 N–H and O–H groups in total. The molecule has 0 unspecified atom stereocenters. The number of anilines is 2. The number of fused-ring (bicyclic) bond motifs is 1. The van der Waals surface area contributed by atoms with Crippen LogP contribution in [0.2, 0.25) is 0 Å². The third-order valence-electron chi connectivity index (χ3n) is 4.10. The van der Waals surface area contributed by atoms with Crippen molar-refractivity contribution in [3.63, 3.8) is 0 Å². The average Bonchev–Trinajstić information content (AvgIpc) is 3.15. The summed E-state index contributed by atoms with van der Waals surface area (Å²) in [6.45, 7) is 0. The molecule has 27 heavy (non-hydrogen) atoms. The Morgan fingerprint density at radius 1 is 1.00 bits per heavy atom. The largest absolute Gasteiger partial charge is 0.464 e. The number of furan rings is 1. The fourth-order valence-electron chi connectivity index (χ4n) is 2.88. The van der Waals surface area contributed by atoms with Crippen LogP contribution in [0.5, 0.6) is 0 Å². The highest BCUT2D eigenvalue weighted by atomic mass is 32.2. The molecule has 0 aliphatic carbocycles. The van der Waals surface area contributed by atoms with Gasteiger partial charge in [0.25, 0.3) is 0 Å². The Hall–Kier alpha value is -2.93. The lowest BCUT2D eigenvalue weighted by Crippen LogP contribution is -1.98. The van der Waals surface area contributed by atoms with Crippen LogP contribution in [-0.2, 0) is 5.75 Å². The summed E-state index contributed by atoms with van der Waals surface area (Å²) in [5, 5.41) is 3.40. The molecule has 4 aromatic rings. The van der Waals surface area contributed by atoms with Crippen LogP contribution >= 0.6 is 11.8 Å². The molecule has 0 spiro atoms. The molecule has 0 amide bonds. The molecule has 0 aliphatic heterocycles. The minimum Gasteiger partial charge on any atom is -0.464 e. The van der Waals surface area contributed by atoms with Crippen molar-refractivity contribution in [1.82, 2.24) is 9.97 Å². The van der Waals surface area contributed by atoms with E-state index >= 15 is 0 Å². The maximum atomic E-state index is 14.4. The molecule has 136 valence electrons. The number of thioether (sulfide) groups is 1. The van der Waals surface area contributed by atoms with Crippen LogP contribution in [-0.4, -0.2) is 16.2 Å². The number of nitrogens with one attached hydrogen (secondary N) is 1. The number of nitrogens with zero attached hydrogens (tertiary/aromatic N) is 2. The summed E-state index contributed by atoms with van der Waals surface area (Å²) in [5.74, 6) is 0.989. The fraction of sp³-hybridized carbons (Fsp3) is 0.100. The summed E-state index contributed by atoms with van der Waals surface area (Å²) >= 11 is 1.71. The number of rotatable bonds is 5. The van der Waals surface area contributed by atoms with Gasteiger partial charge in [0, 0.05) is 23.1 Å². The van der Waals surface area contributed by atoms with Crippen molar-refractivity contribution in [3.8, 4) is 11.1 Å². The Labute approximate surface area is 158 Å². The van der Waals surface area contributed by atoms with Gasteiger partial charge in [-0.2, -0.15) is 11.8 Å². The Morgan fingerprint density at radius 3 is 2.70 bits per heavy atom. The van der Waals surface area contributed by atoms with Gasteiger partial charge in [0.15, 0.2) is 0 Å². The maximum Gasteiger partial charge on any atom is 0.149 e. The van der Waals surface area contributed by atoms with Crippen molar-refractivity contribution in [2.24, 2.45) is 0 Å². The molecule has 4 nitrogen and oxygen atoms in total. The van der Waals surface area contributed by atoms with E-state index < -0.39 is 11.6 Å². The Bertz CT molecular complexity index is 1110. The Morgan fingerprint density at radius 2 is 1.85 bits per heavy atom. The monoisotopic (exact) mass is 383 g/mol. The normalized spacial score (nSPS) is 11.1. The zero-order valence-corrected chi connectivity index (χ0v) is 15.2. The molecular formula is C20H15F2N3OS. The molecule has 0 radical (unpaired) electrons. The highest BCUT2D eigenvalue weighted by Gasteiger charge is 2.15. The highest BCUT2D eigenvalue weighted by molar-refractivity contribution is 7.97. The van der Waals surface area contributed by atoms with Gasteiger partial charge in [-0.15, -0.1) is 0 Å². The first kappa shape index (κ1) is 17.5. The average molecular weight is 383 g/mol. The number of aromatic nitrogens is 2. The molecule has 0 aliphatic rings. The van der Waals surface area contributed by atoms with Gasteiger partial charge < -0.3 is 9.73 Å². The number of hydrogen-bond donors (Lipinski definition) is 1. The van der Waals surface area contributed by atoms with Gasteiger partial charge in [0.2, 0.25) is 0 Å². The maximum absolute atomic E-state index is 14.4. The minimum absolute atomic E-state index is 0.271. The lowest BCUT2D eigenvalue weighted by molar-refractivity contribution is 0.607. The zero-order valence-electron chi connectivity index (χ0n) is 14.4. The quantitative estimate of drug-likeness (QED) is 0.474. The van der Waals surface area contributed by atoms with E-state index in [4.69, 9.17) is 4.42 Å². The van der Waals surface area contributed by atoms with Gasteiger partial charge in [-0.1, -0.05) is 0 Å². The van der Waals surface area contributed by atoms with Gasteiger partial charge >= 0.3 is 0 Å². The van der Waals surface area contributed by atoms with E-state index in [0.717, 1.165) is 17.5 Å². The summed E-state index contributed by atoms with van der Waals surface area (Å²) in [6.07, 6.45) is 6.25. The molecule has 3 heterocycles. The first-order chi connectivity index (χ1) is 13.2. The number of halogens is 2. The summed E-state index contributed by atoms with van der Waals surface area (Å²) < 4.78 is 33.7. The molecule has 0 saturated carbocycles. The lowest BCUT2D eigenvalue weighted by atomic mass is 10.0. The molecular weight excluding hydrogens is 368 g/mol. The van der Waals surface area contributed by atoms with Crippen molar-refractivity contribution in [2.75, 3.05) is 11.6 Å². The van der Waals surface area contributed by atoms with Crippen LogP contribution in [0.4, 0.5) is 20.4 Å². The van der Waals surface area contributed by atoms with Gasteiger partial charge in [0.05, 0.1) is 17.8 Å². The second-order valence-electron chi connectivity index (χ2n) is 5.92. The molecule has 0 atom stereocenters. The second-order valence-corrected chi connectivity index (χ2v) is 6.78. The van der Waals surface area contributed by atoms with Gasteiger partial charge in [-0.3, -0.25) is 0 Å². The van der Waals surface area contributed by atoms with Crippen molar-refractivity contribution < 1.29 is 13.2 Å². The van der Waals surface area contributed by atoms with Crippen molar-refractivity contribution >= 4 is 34.4 Å². The van der Waals surface area contributed by atoms with Gasteiger partial charge in [0.1, 0.15) is 28.9 Å². The van der Waals surface area contributed by atoms with Crippen molar-refractivity contribution in [2.45, 2.75) is 5.75 Å². The van der Waals surface area contributed by atoms with E-state index in [1.54, 1.807) is 24.0 Å². The topological polar surface area (TPSA) is 51.0 Å². The van der Waals surface area contributed by atoms with Crippen LogP contribution in [0.3, 0.4) is 0 Å². The lowest BCUT2D eigenvalue weighted by Gasteiger charge is -2.10. The number of hydrogen-bond acceptors (Lipinski definition) is 5. The predicted octanol–water partition coefficient (Wildman–Crippen LogP) is 5.77. The van der Waals surface area contributed by atoms with E-state index in [-0.39, 0.29) is 5.56 Å². The predicted molar refractivity (Wildman–Crippen MR) is 104 cm³/mol. The number of pyridine rings is 2. The first-order valence-electron chi connectivity index (χ1n) is 8.18. The van der Waals surface area contributed by atoms with Gasteiger partial charge in [-0.05, 0) is 48.2 Å². The van der Waals surface area contributed by atoms with Gasteiger partial charge in [-0.25, -0.2) is 18.7 Å². The first-order valence-corrected chi connectivity index (χ1v) is 9.57. The van der Waals surface area contributed by atoms with E-state index in [1.807, 2.05) is 18.4 Å². The van der Waals surface area contributed by atoms with E-state index in [0.29, 0.717) is 28.2 Å². The summed E-state index contributed by atoms with van der Waals surface area (Å²) in [4.78, 5) is 8.36. The van der Waals surface area contributed by atoms with Crippen molar-refractivity contribution in [3.05, 3.63) is 72.3 Å².